The number of fused-ring (bicyclic) bond motifs is 2. The van der Waals surface area contributed by atoms with Crippen molar-refractivity contribution in [2.75, 3.05) is 17.2 Å². The van der Waals surface area contributed by atoms with E-state index < -0.39 is 0 Å². The maximum absolute atomic E-state index is 12.8. The Kier molecular flexibility index (Phi) is 4.72. The molecule has 128 valence electrons. The van der Waals surface area contributed by atoms with Crippen LogP contribution in [0.25, 0.3) is 11.1 Å². The van der Waals surface area contributed by atoms with Gasteiger partial charge in [-0.3, -0.25) is 4.79 Å². The topological polar surface area (TPSA) is 46.3 Å². The van der Waals surface area contributed by atoms with Crippen LogP contribution in [0.5, 0.6) is 0 Å². The molecule has 1 amide bonds. The van der Waals surface area contributed by atoms with E-state index in [2.05, 4.69) is 18.0 Å². The molecule has 1 aliphatic heterocycles. The third-order valence-corrected chi connectivity index (χ3v) is 6.19. The molecule has 0 unspecified atom stereocenters. The summed E-state index contributed by atoms with van der Waals surface area (Å²) in [6.45, 7) is 2.96. The van der Waals surface area contributed by atoms with Crippen molar-refractivity contribution in [2.45, 2.75) is 28.7 Å². The van der Waals surface area contributed by atoms with Crippen molar-refractivity contribution < 1.29 is 9.21 Å². The highest BCUT2D eigenvalue weighted by atomic mass is 32.2. The highest BCUT2D eigenvalue weighted by Gasteiger charge is 2.24. The third kappa shape index (κ3) is 3.55. The Labute approximate surface area is 155 Å². The highest BCUT2D eigenvalue weighted by Crippen LogP contribution is 2.37. The molecule has 3 aromatic rings. The molecule has 1 atom stereocenters. The maximum atomic E-state index is 12.8. The lowest BCUT2D eigenvalue weighted by molar-refractivity contribution is -0.116. The summed E-state index contributed by atoms with van der Waals surface area (Å²) in [6, 6.07) is 15.8. The van der Waals surface area contributed by atoms with Gasteiger partial charge in [-0.25, -0.2) is 4.98 Å². The van der Waals surface area contributed by atoms with Crippen molar-refractivity contribution >= 4 is 46.2 Å². The van der Waals surface area contributed by atoms with Crippen LogP contribution < -0.4 is 4.90 Å². The van der Waals surface area contributed by atoms with Gasteiger partial charge in [0.15, 0.2) is 5.58 Å². The molecule has 0 radical (unpaired) electrons. The average Bonchev–Trinajstić information content (AvgIpc) is 2.96. The van der Waals surface area contributed by atoms with Gasteiger partial charge in [0.05, 0.1) is 11.4 Å². The highest BCUT2D eigenvalue weighted by molar-refractivity contribution is 8.00. The molecule has 0 aliphatic carbocycles. The normalized spacial score (nSPS) is 17.3. The molecule has 0 N–H and O–H groups in total. The van der Waals surface area contributed by atoms with Crippen molar-refractivity contribution in [1.29, 1.82) is 0 Å². The second-order valence-electron chi connectivity index (χ2n) is 5.97. The van der Waals surface area contributed by atoms with Gasteiger partial charge in [0, 0.05) is 16.7 Å². The van der Waals surface area contributed by atoms with Crippen LogP contribution in [0.15, 0.2) is 63.1 Å². The number of anilines is 1. The van der Waals surface area contributed by atoms with Gasteiger partial charge in [0.2, 0.25) is 5.91 Å². The maximum Gasteiger partial charge on any atom is 0.257 e. The van der Waals surface area contributed by atoms with Gasteiger partial charge in [0.1, 0.15) is 5.52 Å². The zero-order valence-electron chi connectivity index (χ0n) is 13.8. The quantitative estimate of drug-likeness (QED) is 0.618. The van der Waals surface area contributed by atoms with E-state index in [-0.39, 0.29) is 5.91 Å². The number of hydrogen-bond acceptors (Lipinski definition) is 5. The van der Waals surface area contributed by atoms with Crippen LogP contribution in [0.4, 0.5) is 5.69 Å². The number of nitrogens with zero attached hydrogens (tertiary/aromatic N) is 2. The van der Waals surface area contributed by atoms with Gasteiger partial charge in [0.25, 0.3) is 5.22 Å². The average molecular weight is 370 g/mol. The molecule has 0 saturated carbocycles. The monoisotopic (exact) mass is 370 g/mol. The number of amides is 1. The number of carbonyl (C=O) groups is 1. The number of carbonyl (C=O) groups excluding carboxylic acids is 1. The van der Waals surface area contributed by atoms with Gasteiger partial charge in [-0.15, -0.1) is 11.8 Å². The van der Waals surface area contributed by atoms with E-state index in [4.69, 9.17) is 4.42 Å². The van der Waals surface area contributed by atoms with E-state index in [1.165, 1.54) is 16.7 Å². The van der Waals surface area contributed by atoms with Crippen LogP contribution in [-0.4, -0.2) is 28.4 Å². The number of oxazole rings is 1. The molecule has 1 aromatic heterocycles. The number of aromatic nitrogens is 1. The van der Waals surface area contributed by atoms with E-state index in [9.17, 15) is 4.79 Å². The Bertz CT molecular complexity index is 876. The first-order chi connectivity index (χ1) is 12.2. The van der Waals surface area contributed by atoms with Crippen LogP contribution in [0.2, 0.25) is 0 Å². The minimum absolute atomic E-state index is 0.0920. The van der Waals surface area contributed by atoms with Crippen molar-refractivity contribution in [3.8, 4) is 0 Å². The van der Waals surface area contributed by atoms with Crippen molar-refractivity contribution in [2.24, 2.45) is 0 Å². The fourth-order valence-corrected chi connectivity index (χ4v) is 4.69. The standard InChI is InChI=1S/C19H18N2O2S2/c1-13-10-11-21(15-7-3-5-9-17(15)25-13)18(22)12-24-19-20-14-6-2-4-8-16(14)23-19/h2-9,13H,10-12H2,1H3/t13-/m0/s1. The summed E-state index contributed by atoms with van der Waals surface area (Å²) in [4.78, 5) is 20.3. The smallest absolute Gasteiger partial charge is 0.257 e. The van der Waals surface area contributed by atoms with E-state index >= 15 is 0 Å². The molecule has 1 aliphatic rings. The summed E-state index contributed by atoms with van der Waals surface area (Å²) >= 11 is 3.19. The van der Waals surface area contributed by atoms with Crippen LogP contribution in [0, 0.1) is 0 Å². The van der Waals surface area contributed by atoms with Gasteiger partial charge in [-0.2, -0.15) is 0 Å². The molecule has 0 saturated heterocycles. The predicted molar refractivity (Wildman–Crippen MR) is 103 cm³/mol. The fraction of sp³-hybridized carbons (Fsp3) is 0.263. The zero-order valence-corrected chi connectivity index (χ0v) is 15.5. The summed E-state index contributed by atoms with van der Waals surface area (Å²) in [5.41, 5.74) is 2.59. The summed E-state index contributed by atoms with van der Waals surface area (Å²) in [7, 11) is 0. The number of thioether (sulfide) groups is 2. The molecule has 0 spiro atoms. The molecule has 4 nitrogen and oxygen atoms in total. The van der Waals surface area contributed by atoms with Crippen molar-refractivity contribution in [1.82, 2.24) is 4.98 Å². The summed E-state index contributed by atoms with van der Waals surface area (Å²) in [5.74, 6) is 0.412. The lowest BCUT2D eigenvalue weighted by Crippen LogP contribution is -2.33. The largest absolute Gasteiger partial charge is 0.431 e. The van der Waals surface area contributed by atoms with Crippen LogP contribution in [0.1, 0.15) is 13.3 Å². The van der Waals surface area contributed by atoms with Gasteiger partial charge >= 0.3 is 0 Å². The molecule has 2 heterocycles. The first-order valence-electron chi connectivity index (χ1n) is 8.25. The summed E-state index contributed by atoms with van der Waals surface area (Å²) < 4.78 is 5.69. The first kappa shape index (κ1) is 16.5. The van der Waals surface area contributed by atoms with Gasteiger partial charge in [-0.1, -0.05) is 43.0 Å². The van der Waals surface area contributed by atoms with E-state index in [0.717, 1.165) is 29.8 Å². The Morgan fingerprint density at radius 3 is 2.96 bits per heavy atom. The molecule has 2 aromatic carbocycles. The number of para-hydroxylation sites is 3. The van der Waals surface area contributed by atoms with E-state index in [1.807, 2.05) is 59.1 Å². The molecule has 6 heteroatoms. The Balaban J connectivity index is 1.50. The van der Waals surface area contributed by atoms with Crippen LogP contribution in [0.3, 0.4) is 0 Å². The summed E-state index contributed by atoms with van der Waals surface area (Å²) in [5, 5.41) is 1.05. The van der Waals surface area contributed by atoms with Crippen molar-refractivity contribution in [3.05, 3.63) is 48.5 Å². The number of hydrogen-bond donors (Lipinski definition) is 0. The number of rotatable bonds is 3. The predicted octanol–water partition coefficient (Wildman–Crippen LogP) is 4.84. The second-order valence-corrected chi connectivity index (χ2v) is 8.37. The van der Waals surface area contributed by atoms with Crippen LogP contribution >= 0.6 is 23.5 Å². The van der Waals surface area contributed by atoms with Gasteiger partial charge in [-0.05, 0) is 30.7 Å². The zero-order chi connectivity index (χ0) is 17.2. The molecule has 0 fully saturated rings. The van der Waals surface area contributed by atoms with E-state index in [1.54, 1.807) is 0 Å². The minimum atomic E-state index is 0.0920. The van der Waals surface area contributed by atoms with Gasteiger partial charge < -0.3 is 9.32 Å². The second kappa shape index (κ2) is 7.14. The Morgan fingerprint density at radius 1 is 1.28 bits per heavy atom. The lowest BCUT2D eigenvalue weighted by Gasteiger charge is -2.22. The molecule has 25 heavy (non-hydrogen) atoms. The fourth-order valence-electron chi connectivity index (χ4n) is 2.86. The van der Waals surface area contributed by atoms with Crippen molar-refractivity contribution in [3.63, 3.8) is 0 Å². The molecule has 4 rings (SSSR count). The minimum Gasteiger partial charge on any atom is -0.431 e. The number of benzene rings is 2. The third-order valence-electron chi connectivity index (χ3n) is 4.14. The Hall–Kier alpha value is -1.92. The SMILES string of the molecule is C[C@H]1CCN(C(=O)CSc2nc3ccccc3o2)c2ccccc2S1. The molecule has 0 bridgehead atoms. The molecular weight excluding hydrogens is 352 g/mol. The lowest BCUT2D eigenvalue weighted by atomic mass is 10.2. The van der Waals surface area contributed by atoms with E-state index in [0.29, 0.717) is 16.2 Å². The molecular formula is C19H18N2O2S2. The first-order valence-corrected chi connectivity index (χ1v) is 10.1. The summed E-state index contributed by atoms with van der Waals surface area (Å²) in [6.07, 6.45) is 0.985. The Morgan fingerprint density at radius 2 is 2.08 bits per heavy atom. The van der Waals surface area contributed by atoms with Crippen LogP contribution in [-0.2, 0) is 4.79 Å².